The lowest BCUT2D eigenvalue weighted by molar-refractivity contribution is 0.220. The van der Waals surface area contributed by atoms with Gasteiger partial charge in [-0.1, -0.05) is 6.07 Å². The third-order valence-electron chi connectivity index (χ3n) is 4.02. The molecule has 2 aromatic rings. The standard InChI is InChI=1S/C15H17FN2O2/c16-11-1-2-12-13(7-11)15(20)17-8-14(12)10-3-4-18(9-10)5-6-19/h1-2,7-8,10,19H,3-6,9H2,(H,17,20). The molecule has 2 heterocycles. The highest BCUT2D eigenvalue weighted by molar-refractivity contribution is 5.85. The predicted molar refractivity (Wildman–Crippen MR) is 75.4 cm³/mol. The lowest BCUT2D eigenvalue weighted by Crippen LogP contribution is -2.24. The van der Waals surface area contributed by atoms with E-state index in [9.17, 15) is 9.18 Å². The van der Waals surface area contributed by atoms with E-state index in [1.807, 2.05) is 0 Å². The third-order valence-corrected chi connectivity index (χ3v) is 4.02. The molecule has 1 aromatic heterocycles. The van der Waals surface area contributed by atoms with Crippen LogP contribution in [0.4, 0.5) is 4.39 Å². The number of aromatic amines is 1. The van der Waals surface area contributed by atoms with Crippen molar-refractivity contribution in [3.8, 4) is 0 Å². The number of aliphatic hydroxyl groups is 1. The number of likely N-dealkylation sites (tertiary alicyclic amines) is 1. The fourth-order valence-corrected chi connectivity index (χ4v) is 3.02. The van der Waals surface area contributed by atoms with Gasteiger partial charge in [0.15, 0.2) is 0 Å². The zero-order valence-electron chi connectivity index (χ0n) is 11.1. The number of benzene rings is 1. The molecule has 1 aliphatic rings. The van der Waals surface area contributed by atoms with Crippen molar-refractivity contribution in [1.82, 2.24) is 9.88 Å². The number of hydrogen-bond donors (Lipinski definition) is 2. The van der Waals surface area contributed by atoms with Crippen molar-refractivity contribution >= 4 is 10.8 Å². The van der Waals surface area contributed by atoms with Crippen molar-refractivity contribution in [3.63, 3.8) is 0 Å². The first-order valence-corrected chi connectivity index (χ1v) is 6.83. The zero-order valence-corrected chi connectivity index (χ0v) is 11.1. The summed E-state index contributed by atoms with van der Waals surface area (Å²) < 4.78 is 13.3. The largest absolute Gasteiger partial charge is 0.395 e. The first-order valence-electron chi connectivity index (χ1n) is 6.83. The fraction of sp³-hybridized carbons (Fsp3) is 0.400. The van der Waals surface area contributed by atoms with Gasteiger partial charge in [-0.2, -0.15) is 0 Å². The number of H-pyrrole nitrogens is 1. The zero-order chi connectivity index (χ0) is 14.1. The smallest absolute Gasteiger partial charge is 0.255 e. The average molecular weight is 276 g/mol. The number of fused-ring (bicyclic) bond motifs is 1. The quantitative estimate of drug-likeness (QED) is 0.892. The fourth-order valence-electron chi connectivity index (χ4n) is 3.02. The Hall–Kier alpha value is -1.72. The van der Waals surface area contributed by atoms with Gasteiger partial charge in [0.1, 0.15) is 5.82 Å². The van der Waals surface area contributed by atoms with Crippen LogP contribution >= 0.6 is 0 Å². The molecule has 106 valence electrons. The number of rotatable bonds is 3. The Morgan fingerprint density at radius 3 is 3.05 bits per heavy atom. The second-order valence-electron chi connectivity index (χ2n) is 5.27. The molecule has 0 saturated carbocycles. The number of halogens is 1. The van der Waals surface area contributed by atoms with Gasteiger partial charge in [0, 0.05) is 19.3 Å². The van der Waals surface area contributed by atoms with Gasteiger partial charge in [-0.05, 0) is 42.0 Å². The normalized spacial score (nSPS) is 19.8. The Morgan fingerprint density at radius 1 is 1.40 bits per heavy atom. The molecule has 1 fully saturated rings. The van der Waals surface area contributed by atoms with Crippen LogP contribution in [0.1, 0.15) is 17.9 Å². The van der Waals surface area contributed by atoms with Crippen LogP contribution in [0.15, 0.2) is 29.2 Å². The molecule has 4 nitrogen and oxygen atoms in total. The molecule has 1 unspecified atom stereocenters. The summed E-state index contributed by atoms with van der Waals surface area (Å²) in [7, 11) is 0. The van der Waals surface area contributed by atoms with E-state index < -0.39 is 5.82 Å². The summed E-state index contributed by atoms with van der Waals surface area (Å²) in [6, 6.07) is 4.37. The summed E-state index contributed by atoms with van der Waals surface area (Å²) >= 11 is 0. The SMILES string of the molecule is O=c1[nH]cc(C2CCN(CCO)C2)c2ccc(F)cc12. The molecular weight excluding hydrogens is 259 g/mol. The number of nitrogens with zero attached hydrogens (tertiary/aromatic N) is 1. The molecular formula is C15H17FN2O2. The molecule has 1 aromatic carbocycles. The molecule has 2 N–H and O–H groups in total. The Morgan fingerprint density at radius 2 is 2.25 bits per heavy atom. The Labute approximate surface area is 115 Å². The molecule has 1 atom stereocenters. The van der Waals surface area contributed by atoms with Crippen molar-refractivity contribution in [3.05, 3.63) is 46.1 Å². The van der Waals surface area contributed by atoms with Crippen molar-refractivity contribution in [1.29, 1.82) is 0 Å². The maximum Gasteiger partial charge on any atom is 0.255 e. The molecule has 1 aliphatic heterocycles. The third kappa shape index (κ3) is 2.34. The highest BCUT2D eigenvalue weighted by Crippen LogP contribution is 2.30. The molecule has 1 saturated heterocycles. The molecule has 0 aliphatic carbocycles. The monoisotopic (exact) mass is 276 g/mol. The minimum Gasteiger partial charge on any atom is -0.395 e. The van der Waals surface area contributed by atoms with Crippen LogP contribution in [-0.2, 0) is 0 Å². The lowest BCUT2D eigenvalue weighted by atomic mass is 9.95. The second-order valence-corrected chi connectivity index (χ2v) is 5.27. The highest BCUT2D eigenvalue weighted by Gasteiger charge is 2.25. The molecule has 3 rings (SSSR count). The van der Waals surface area contributed by atoms with Gasteiger partial charge in [0.2, 0.25) is 0 Å². The van der Waals surface area contributed by atoms with E-state index in [-0.39, 0.29) is 12.2 Å². The van der Waals surface area contributed by atoms with Gasteiger partial charge in [-0.15, -0.1) is 0 Å². The van der Waals surface area contributed by atoms with E-state index in [2.05, 4.69) is 9.88 Å². The van der Waals surface area contributed by atoms with E-state index in [0.29, 0.717) is 17.8 Å². The summed E-state index contributed by atoms with van der Waals surface area (Å²) in [6.45, 7) is 2.63. The van der Waals surface area contributed by atoms with Crippen molar-refractivity contribution in [2.24, 2.45) is 0 Å². The topological polar surface area (TPSA) is 56.3 Å². The van der Waals surface area contributed by atoms with Crippen LogP contribution in [0.25, 0.3) is 10.8 Å². The van der Waals surface area contributed by atoms with Crippen molar-refractivity contribution < 1.29 is 9.50 Å². The van der Waals surface area contributed by atoms with Gasteiger partial charge >= 0.3 is 0 Å². The average Bonchev–Trinajstić information content (AvgIpc) is 2.89. The van der Waals surface area contributed by atoms with E-state index in [1.165, 1.54) is 12.1 Å². The summed E-state index contributed by atoms with van der Waals surface area (Å²) in [5.41, 5.74) is 0.800. The van der Waals surface area contributed by atoms with E-state index in [4.69, 9.17) is 5.11 Å². The van der Waals surface area contributed by atoms with Crippen LogP contribution in [0.3, 0.4) is 0 Å². The van der Waals surface area contributed by atoms with Gasteiger partial charge in [-0.3, -0.25) is 4.79 Å². The van der Waals surface area contributed by atoms with Crippen LogP contribution in [0, 0.1) is 5.82 Å². The number of aromatic nitrogens is 1. The molecule has 0 spiro atoms. The van der Waals surface area contributed by atoms with E-state index in [0.717, 1.165) is 30.5 Å². The molecule has 5 heteroatoms. The number of hydrogen-bond acceptors (Lipinski definition) is 3. The number of nitrogens with one attached hydrogen (secondary N) is 1. The highest BCUT2D eigenvalue weighted by atomic mass is 19.1. The summed E-state index contributed by atoms with van der Waals surface area (Å²) in [5.74, 6) is -0.0835. The maximum atomic E-state index is 13.3. The maximum absolute atomic E-state index is 13.3. The van der Waals surface area contributed by atoms with E-state index in [1.54, 1.807) is 12.3 Å². The second kappa shape index (κ2) is 5.34. The number of β-amino-alcohol motifs (C(OH)–C–C–N with tert-alkyl or cyclic N) is 1. The summed E-state index contributed by atoms with van der Waals surface area (Å²) in [6.07, 6.45) is 2.73. The lowest BCUT2D eigenvalue weighted by Gasteiger charge is -2.15. The predicted octanol–water partition coefficient (Wildman–Crippen LogP) is 1.45. The van der Waals surface area contributed by atoms with Crippen LogP contribution < -0.4 is 5.56 Å². The summed E-state index contributed by atoms with van der Waals surface area (Å²) in [5, 5.41) is 10.2. The molecule has 20 heavy (non-hydrogen) atoms. The number of pyridine rings is 1. The molecule has 0 amide bonds. The Bertz CT molecular complexity index is 683. The van der Waals surface area contributed by atoms with Crippen LogP contribution in [0.2, 0.25) is 0 Å². The van der Waals surface area contributed by atoms with Crippen LogP contribution in [0.5, 0.6) is 0 Å². The van der Waals surface area contributed by atoms with Crippen molar-refractivity contribution in [2.75, 3.05) is 26.2 Å². The Kier molecular flexibility index (Phi) is 3.54. The van der Waals surface area contributed by atoms with E-state index >= 15 is 0 Å². The minimum absolute atomic E-state index is 0.157. The van der Waals surface area contributed by atoms with Gasteiger partial charge < -0.3 is 15.0 Å². The molecule has 0 bridgehead atoms. The molecule has 0 radical (unpaired) electrons. The first-order chi connectivity index (χ1) is 9.69. The Balaban J connectivity index is 2.01. The number of aliphatic hydroxyl groups excluding tert-OH is 1. The van der Waals surface area contributed by atoms with Crippen molar-refractivity contribution in [2.45, 2.75) is 12.3 Å². The van der Waals surface area contributed by atoms with Gasteiger partial charge in [0.05, 0.1) is 12.0 Å². The minimum atomic E-state index is -0.395. The van der Waals surface area contributed by atoms with Crippen LogP contribution in [-0.4, -0.2) is 41.2 Å². The summed E-state index contributed by atoms with van der Waals surface area (Å²) in [4.78, 5) is 16.7. The van der Waals surface area contributed by atoms with Gasteiger partial charge in [-0.25, -0.2) is 4.39 Å². The first kappa shape index (κ1) is 13.3. The van der Waals surface area contributed by atoms with Gasteiger partial charge in [0.25, 0.3) is 5.56 Å².